The fraction of sp³-hybridized carbons (Fsp3) is 0.417. The molecule has 3 nitrogen and oxygen atoms in total. The molecule has 15 heavy (non-hydrogen) atoms. The van der Waals surface area contributed by atoms with E-state index < -0.39 is 0 Å². The summed E-state index contributed by atoms with van der Waals surface area (Å²) < 4.78 is 0. The summed E-state index contributed by atoms with van der Waals surface area (Å²) in [5.74, 6) is 0.189. The van der Waals surface area contributed by atoms with Gasteiger partial charge in [0.15, 0.2) is 0 Å². The predicted octanol–water partition coefficient (Wildman–Crippen LogP) is 0.789. The molecule has 1 aromatic carbocycles. The highest BCUT2D eigenvalue weighted by atomic mass is 16.2. The normalized spacial score (nSPS) is 20.6. The Bertz CT molecular complexity index is 337. The van der Waals surface area contributed by atoms with Gasteiger partial charge < -0.3 is 10.6 Å². The summed E-state index contributed by atoms with van der Waals surface area (Å²) >= 11 is 0. The number of benzene rings is 1. The first kappa shape index (κ1) is 10.2. The van der Waals surface area contributed by atoms with E-state index in [9.17, 15) is 4.79 Å². The zero-order chi connectivity index (χ0) is 10.7. The van der Waals surface area contributed by atoms with Crippen LogP contribution in [0, 0.1) is 0 Å². The largest absolute Gasteiger partial charge is 0.341 e. The molecular formula is C12H16N2O. The van der Waals surface area contributed by atoms with E-state index in [0.29, 0.717) is 13.0 Å². The highest BCUT2D eigenvalue weighted by molar-refractivity contribution is 5.79. The van der Waals surface area contributed by atoms with E-state index in [1.807, 2.05) is 35.2 Å². The van der Waals surface area contributed by atoms with Crippen molar-refractivity contribution < 1.29 is 4.79 Å². The molecular weight excluding hydrogens is 188 g/mol. The number of nitrogens with zero attached hydrogens (tertiary/aromatic N) is 1. The third kappa shape index (κ3) is 2.57. The van der Waals surface area contributed by atoms with E-state index in [1.54, 1.807) is 0 Å². The molecule has 0 bridgehead atoms. The molecule has 0 aromatic heterocycles. The van der Waals surface area contributed by atoms with Gasteiger partial charge in [-0.2, -0.15) is 0 Å². The van der Waals surface area contributed by atoms with Crippen LogP contribution in [0.5, 0.6) is 0 Å². The first-order valence-electron chi connectivity index (χ1n) is 5.33. The number of rotatable bonds is 2. The van der Waals surface area contributed by atoms with Crippen LogP contribution in [0.3, 0.4) is 0 Å². The Balaban J connectivity index is 1.93. The maximum absolute atomic E-state index is 11.8. The molecule has 1 saturated heterocycles. The maximum Gasteiger partial charge on any atom is 0.227 e. The van der Waals surface area contributed by atoms with Crippen LogP contribution in [0.4, 0.5) is 0 Å². The number of nitrogens with two attached hydrogens (primary N) is 1. The number of likely N-dealkylation sites (tertiary alicyclic amines) is 1. The maximum atomic E-state index is 11.8. The molecule has 80 valence electrons. The van der Waals surface area contributed by atoms with Crippen LogP contribution in [0.15, 0.2) is 30.3 Å². The first-order chi connectivity index (χ1) is 7.25. The Kier molecular flexibility index (Phi) is 3.02. The second-order valence-electron chi connectivity index (χ2n) is 4.05. The van der Waals surface area contributed by atoms with Crippen molar-refractivity contribution in [3.05, 3.63) is 35.9 Å². The minimum absolute atomic E-state index is 0.171. The lowest BCUT2D eigenvalue weighted by Gasteiger charge is -2.15. The van der Waals surface area contributed by atoms with Crippen molar-refractivity contribution in [1.82, 2.24) is 4.90 Å². The molecule has 1 fully saturated rings. The van der Waals surface area contributed by atoms with Crippen molar-refractivity contribution >= 4 is 5.91 Å². The van der Waals surface area contributed by atoms with Crippen LogP contribution in [0.2, 0.25) is 0 Å². The van der Waals surface area contributed by atoms with Gasteiger partial charge in [-0.3, -0.25) is 4.79 Å². The van der Waals surface area contributed by atoms with Crippen molar-refractivity contribution in [1.29, 1.82) is 0 Å². The van der Waals surface area contributed by atoms with Gasteiger partial charge in [-0.25, -0.2) is 0 Å². The molecule has 1 amide bonds. The molecule has 1 unspecified atom stereocenters. The van der Waals surface area contributed by atoms with Crippen LogP contribution in [0.1, 0.15) is 12.0 Å². The average Bonchev–Trinajstić information content (AvgIpc) is 2.66. The van der Waals surface area contributed by atoms with Crippen LogP contribution >= 0.6 is 0 Å². The SMILES string of the molecule is NC1CCN(C(=O)Cc2ccccc2)C1. The monoisotopic (exact) mass is 204 g/mol. The smallest absolute Gasteiger partial charge is 0.227 e. The lowest BCUT2D eigenvalue weighted by molar-refractivity contribution is -0.129. The lowest BCUT2D eigenvalue weighted by atomic mass is 10.1. The average molecular weight is 204 g/mol. The van der Waals surface area contributed by atoms with Crippen LogP contribution < -0.4 is 5.73 Å². The molecule has 0 radical (unpaired) electrons. The fourth-order valence-corrected chi connectivity index (χ4v) is 1.90. The van der Waals surface area contributed by atoms with Crippen LogP contribution in [-0.2, 0) is 11.2 Å². The third-order valence-corrected chi connectivity index (χ3v) is 2.78. The van der Waals surface area contributed by atoms with Crippen molar-refractivity contribution in [3.63, 3.8) is 0 Å². The standard InChI is InChI=1S/C12H16N2O/c13-11-6-7-14(9-11)12(15)8-10-4-2-1-3-5-10/h1-5,11H,6-9,13H2. The Hall–Kier alpha value is -1.35. The summed E-state index contributed by atoms with van der Waals surface area (Å²) in [6.45, 7) is 1.53. The van der Waals surface area contributed by atoms with Crippen molar-refractivity contribution in [2.75, 3.05) is 13.1 Å². The zero-order valence-electron chi connectivity index (χ0n) is 8.73. The topological polar surface area (TPSA) is 46.3 Å². The van der Waals surface area contributed by atoms with E-state index >= 15 is 0 Å². The Labute approximate surface area is 89.9 Å². The Morgan fingerprint density at radius 1 is 1.40 bits per heavy atom. The second kappa shape index (κ2) is 4.45. The molecule has 1 atom stereocenters. The van der Waals surface area contributed by atoms with Gasteiger partial charge in [0.25, 0.3) is 0 Å². The number of hydrogen-bond donors (Lipinski definition) is 1. The van der Waals surface area contributed by atoms with Crippen LogP contribution in [0.25, 0.3) is 0 Å². The number of carbonyl (C=O) groups is 1. The number of hydrogen-bond acceptors (Lipinski definition) is 2. The van der Waals surface area contributed by atoms with E-state index in [2.05, 4.69) is 0 Å². The summed E-state index contributed by atoms with van der Waals surface area (Å²) in [6.07, 6.45) is 1.42. The van der Waals surface area contributed by atoms with Gasteiger partial charge in [0.05, 0.1) is 6.42 Å². The third-order valence-electron chi connectivity index (χ3n) is 2.78. The first-order valence-corrected chi connectivity index (χ1v) is 5.33. The van der Waals surface area contributed by atoms with Gasteiger partial charge in [0, 0.05) is 19.1 Å². The second-order valence-corrected chi connectivity index (χ2v) is 4.05. The number of carbonyl (C=O) groups excluding carboxylic acids is 1. The lowest BCUT2D eigenvalue weighted by Crippen LogP contribution is -2.32. The molecule has 0 saturated carbocycles. The molecule has 2 N–H and O–H groups in total. The molecule has 1 aliphatic rings. The summed E-state index contributed by atoms with van der Waals surface area (Å²) in [5, 5.41) is 0. The molecule has 1 aliphatic heterocycles. The minimum atomic E-state index is 0.171. The quantitative estimate of drug-likeness (QED) is 0.774. The van der Waals surface area contributed by atoms with Gasteiger partial charge in [-0.05, 0) is 12.0 Å². The molecule has 2 rings (SSSR count). The van der Waals surface area contributed by atoms with Gasteiger partial charge in [-0.15, -0.1) is 0 Å². The number of amides is 1. The van der Waals surface area contributed by atoms with Crippen molar-refractivity contribution in [3.8, 4) is 0 Å². The van der Waals surface area contributed by atoms with Crippen molar-refractivity contribution in [2.45, 2.75) is 18.9 Å². The van der Waals surface area contributed by atoms with Gasteiger partial charge in [-0.1, -0.05) is 30.3 Å². The van der Waals surface area contributed by atoms with Crippen molar-refractivity contribution in [2.24, 2.45) is 5.73 Å². The summed E-state index contributed by atoms with van der Waals surface area (Å²) in [4.78, 5) is 13.7. The van der Waals surface area contributed by atoms with E-state index in [0.717, 1.165) is 18.5 Å². The Morgan fingerprint density at radius 2 is 2.13 bits per heavy atom. The molecule has 1 aromatic rings. The molecule has 1 heterocycles. The van der Waals surface area contributed by atoms with Gasteiger partial charge in [0.2, 0.25) is 5.91 Å². The highest BCUT2D eigenvalue weighted by Gasteiger charge is 2.23. The van der Waals surface area contributed by atoms with Gasteiger partial charge >= 0.3 is 0 Å². The highest BCUT2D eigenvalue weighted by Crippen LogP contribution is 2.10. The fourth-order valence-electron chi connectivity index (χ4n) is 1.90. The van der Waals surface area contributed by atoms with Crippen LogP contribution in [-0.4, -0.2) is 29.9 Å². The minimum Gasteiger partial charge on any atom is -0.341 e. The summed E-state index contributed by atoms with van der Waals surface area (Å²) in [6, 6.07) is 10.0. The molecule has 3 heteroatoms. The molecule has 0 spiro atoms. The zero-order valence-corrected chi connectivity index (χ0v) is 8.73. The summed E-state index contributed by atoms with van der Waals surface area (Å²) in [5.41, 5.74) is 6.83. The Morgan fingerprint density at radius 3 is 2.73 bits per heavy atom. The van der Waals surface area contributed by atoms with E-state index in [-0.39, 0.29) is 11.9 Å². The molecule has 0 aliphatic carbocycles. The van der Waals surface area contributed by atoms with E-state index in [4.69, 9.17) is 5.73 Å². The van der Waals surface area contributed by atoms with Gasteiger partial charge in [0.1, 0.15) is 0 Å². The van der Waals surface area contributed by atoms with E-state index in [1.165, 1.54) is 0 Å². The predicted molar refractivity (Wildman–Crippen MR) is 59.3 cm³/mol. The summed E-state index contributed by atoms with van der Waals surface area (Å²) in [7, 11) is 0.